The lowest BCUT2D eigenvalue weighted by Gasteiger charge is -2.09. The van der Waals surface area contributed by atoms with Crippen LogP contribution in [0, 0.1) is 0 Å². The summed E-state index contributed by atoms with van der Waals surface area (Å²) >= 11 is 0. The summed E-state index contributed by atoms with van der Waals surface area (Å²) < 4.78 is 9.44. The van der Waals surface area contributed by atoms with Crippen LogP contribution < -0.4 is 4.74 Å². The number of ether oxygens (including phenoxy) is 2. The van der Waals surface area contributed by atoms with Gasteiger partial charge in [0.15, 0.2) is 0 Å². The van der Waals surface area contributed by atoms with Crippen molar-refractivity contribution in [3.05, 3.63) is 29.8 Å². The Kier molecular flexibility index (Phi) is 4.12. The first-order valence-electron chi connectivity index (χ1n) is 4.56. The van der Waals surface area contributed by atoms with Crippen LogP contribution >= 0.6 is 0 Å². The summed E-state index contributed by atoms with van der Waals surface area (Å²) in [5, 5.41) is 9.64. The number of aliphatic hydroxyl groups is 1. The van der Waals surface area contributed by atoms with Crippen molar-refractivity contribution in [3.8, 4) is 5.75 Å². The second kappa shape index (κ2) is 5.36. The van der Waals surface area contributed by atoms with E-state index in [0.717, 1.165) is 0 Å². The van der Waals surface area contributed by atoms with Crippen LogP contribution in [0.15, 0.2) is 24.3 Å². The van der Waals surface area contributed by atoms with Crippen molar-refractivity contribution in [1.29, 1.82) is 0 Å². The van der Waals surface area contributed by atoms with E-state index in [4.69, 9.17) is 4.74 Å². The average Bonchev–Trinajstić information content (AvgIpc) is 2.29. The van der Waals surface area contributed by atoms with Crippen LogP contribution in [0.3, 0.4) is 0 Å². The highest BCUT2D eigenvalue weighted by molar-refractivity contribution is 5.70. The van der Waals surface area contributed by atoms with Gasteiger partial charge in [-0.3, -0.25) is 4.79 Å². The van der Waals surface area contributed by atoms with Crippen LogP contribution in [0.5, 0.6) is 5.75 Å². The number of aliphatic hydroxyl groups excluding tert-OH is 1. The van der Waals surface area contributed by atoms with Gasteiger partial charge in [-0.15, -0.1) is 0 Å². The molecule has 0 aliphatic carbocycles. The molecule has 1 aromatic rings. The molecule has 0 bridgehead atoms. The third-order valence-corrected chi connectivity index (χ3v) is 2.09. The van der Waals surface area contributed by atoms with Crippen LogP contribution in [0.1, 0.15) is 18.1 Å². The maximum absolute atomic E-state index is 10.9. The lowest BCUT2D eigenvalue weighted by molar-refractivity contribution is -0.142. The van der Waals surface area contributed by atoms with Gasteiger partial charge in [-0.1, -0.05) is 12.1 Å². The predicted octanol–water partition coefficient (Wildman–Crippen LogP) is 1.29. The molecule has 0 radical (unpaired) electrons. The van der Waals surface area contributed by atoms with Crippen LogP contribution in [0.4, 0.5) is 0 Å². The first kappa shape index (κ1) is 11.5. The quantitative estimate of drug-likeness (QED) is 0.761. The number of methoxy groups -OCH3 is 2. The standard InChI is InChI=1S/C11H14O4/c1-14-9-5-3-8(4-6-9)10(12)7-11(13)15-2/h3-6,10,12H,7H2,1-2H3/t10-/m1/s1. The molecule has 4 nitrogen and oxygen atoms in total. The second-order valence-corrected chi connectivity index (χ2v) is 3.07. The molecule has 4 heteroatoms. The molecule has 0 saturated heterocycles. The molecule has 0 spiro atoms. The Morgan fingerprint density at radius 3 is 2.40 bits per heavy atom. The third-order valence-electron chi connectivity index (χ3n) is 2.09. The number of carbonyl (C=O) groups is 1. The van der Waals surface area contributed by atoms with Crippen molar-refractivity contribution in [3.63, 3.8) is 0 Å². The van der Waals surface area contributed by atoms with Gasteiger partial charge >= 0.3 is 5.97 Å². The zero-order chi connectivity index (χ0) is 11.3. The van der Waals surface area contributed by atoms with Crippen LogP contribution in [0.25, 0.3) is 0 Å². The summed E-state index contributed by atoms with van der Waals surface area (Å²) in [5.41, 5.74) is 0.668. The number of hydrogen-bond acceptors (Lipinski definition) is 4. The average molecular weight is 210 g/mol. The fourth-order valence-corrected chi connectivity index (χ4v) is 1.19. The molecular weight excluding hydrogens is 196 g/mol. The van der Waals surface area contributed by atoms with Gasteiger partial charge in [0.1, 0.15) is 5.75 Å². The second-order valence-electron chi connectivity index (χ2n) is 3.07. The number of hydrogen-bond donors (Lipinski definition) is 1. The van der Waals surface area contributed by atoms with Crippen LogP contribution in [-0.2, 0) is 9.53 Å². The molecule has 0 aliphatic heterocycles. The molecule has 0 amide bonds. The number of rotatable bonds is 4. The Balaban J connectivity index is 2.65. The van der Waals surface area contributed by atoms with Gasteiger partial charge in [-0.25, -0.2) is 0 Å². The fraction of sp³-hybridized carbons (Fsp3) is 0.364. The highest BCUT2D eigenvalue weighted by atomic mass is 16.5. The van der Waals surface area contributed by atoms with E-state index in [-0.39, 0.29) is 6.42 Å². The first-order valence-corrected chi connectivity index (χ1v) is 4.56. The van der Waals surface area contributed by atoms with Gasteiger partial charge in [0.25, 0.3) is 0 Å². The van der Waals surface area contributed by atoms with Crippen molar-refractivity contribution in [2.24, 2.45) is 0 Å². The summed E-state index contributed by atoms with van der Waals surface area (Å²) in [6.07, 6.45) is -0.869. The highest BCUT2D eigenvalue weighted by Crippen LogP contribution is 2.20. The number of esters is 1. The van der Waals surface area contributed by atoms with Crippen molar-refractivity contribution >= 4 is 5.97 Å². The summed E-state index contributed by atoms with van der Waals surface area (Å²) in [4.78, 5) is 10.9. The van der Waals surface area contributed by atoms with Gasteiger partial charge in [-0.05, 0) is 17.7 Å². The maximum atomic E-state index is 10.9. The minimum Gasteiger partial charge on any atom is -0.497 e. The van der Waals surface area contributed by atoms with Crippen LogP contribution in [-0.4, -0.2) is 25.3 Å². The Bertz CT molecular complexity index is 318. The molecule has 0 unspecified atom stereocenters. The SMILES string of the molecule is COC(=O)C[C@@H](O)c1ccc(OC)cc1. The molecule has 0 aromatic heterocycles. The van der Waals surface area contributed by atoms with E-state index in [1.165, 1.54) is 7.11 Å². The van der Waals surface area contributed by atoms with Crippen LogP contribution in [0.2, 0.25) is 0 Å². The third kappa shape index (κ3) is 3.25. The Morgan fingerprint density at radius 1 is 1.33 bits per heavy atom. The zero-order valence-electron chi connectivity index (χ0n) is 8.77. The zero-order valence-corrected chi connectivity index (χ0v) is 8.77. The molecule has 0 aliphatic rings. The van der Waals surface area contributed by atoms with Crippen molar-refractivity contribution < 1.29 is 19.4 Å². The number of benzene rings is 1. The Labute approximate surface area is 88.4 Å². The molecular formula is C11H14O4. The molecule has 1 aromatic carbocycles. The van der Waals surface area contributed by atoms with E-state index in [1.54, 1.807) is 31.4 Å². The van der Waals surface area contributed by atoms with Gasteiger partial charge in [0.05, 0.1) is 26.7 Å². The summed E-state index contributed by atoms with van der Waals surface area (Å²) in [5.74, 6) is 0.280. The number of carbonyl (C=O) groups excluding carboxylic acids is 1. The van der Waals surface area contributed by atoms with Crippen molar-refractivity contribution in [2.45, 2.75) is 12.5 Å². The van der Waals surface area contributed by atoms with E-state index in [2.05, 4.69) is 4.74 Å². The largest absolute Gasteiger partial charge is 0.497 e. The summed E-state index contributed by atoms with van der Waals surface area (Å²) in [6, 6.07) is 6.89. The van der Waals surface area contributed by atoms with E-state index < -0.39 is 12.1 Å². The molecule has 0 heterocycles. The van der Waals surface area contributed by atoms with Crippen molar-refractivity contribution in [2.75, 3.05) is 14.2 Å². The molecule has 0 saturated carbocycles. The van der Waals surface area contributed by atoms with Gasteiger partial charge in [0.2, 0.25) is 0 Å². The molecule has 0 fully saturated rings. The van der Waals surface area contributed by atoms with Crippen molar-refractivity contribution in [1.82, 2.24) is 0 Å². The lowest BCUT2D eigenvalue weighted by atomic mass is 10.1. The molecule has 1 N–H and O–H groups in total. The molecule has 15 heavy (non-hydrogen) atoms. The van der Waals surface area contributed by atoms with Gasteiger partial charge in [-0.2, -0.15) is 0 Å². The molecule has 1 atom stereocenters. The predicted molar refractivity (Wildman–Crippen MR) is 54.6 cm³/mol. The first-order chi connectivity index (χ1) is 7.17. The Morgan fingerprint density at radius 2 is 1.93 bits per heavy atom. The van der Waals surface area contributed by atoms with E-state index in [9.17, 15) is 9.90 Å². The molecule has 82 valence electrons. The topological polar surface area (TPSA) is 55.8 Å². The minimum atomic E-state index is -0.830. The fourth-order valence-electron chi connectivity index (χ4n) is 1.19. The lowest BCUT2D eigenvalue weighted by Crippen LogP contribution is -2.07. The van der Waals surface area contributed by atoms with Gasteiger partial charge < -0.3 is 14.6 Å². The maximum Gasteiger partial charge on any atom is 0.308 e. The monoisotopic (exact) mass is 210 g/mol. The minimum absolute atomic E-state index is 0.0389. The summed E-state index contributed by atoms with van der Waals surface area (Å²) in [6.45, 7) is 0. The van der Waals surface area contributed by atoms with Gasteiger partial charge in [0, 0.05) is 0 Å². The van der Waals surface area contributed by atoms with E-state index in [0.29, 0.717) is 11.3 Å². The summed E-state index contributed by atoms with van der Waals surface area (Å²) in [7, 11) is 2.86. The highest BCUT2D eigenvalue weighted by Gasteiger charge is 2.12. The molecule has 1 rings (SSSR count). The smallest absolute Gasteiger partial charge is 0.308 e. The van der Waals surface area contributed by atoms with E-state index in [1.807, 2.05) is 0 Å². The normalized spacial score (nSPS) is 11.9. The van der Waals surface area contributed by atoms with E-state index >= 15 is 0 Å². The Hall–Kier alpha value is -1.55.